The third-order valence-corrected chi connectivity index (χ3v) is 2.85. The number of nitrogens with zero attached hydrogens (tertiary/aromatic N) is 2. The molecule has 1 aliphatic heterocycles. The van der Waals surface area contributed by atoms with Crippen LogP contribution in [0.25, 0.3) is 5.69 Å². The molecule has 0 spiro atoms. The first-order chi connectivity index (χ1) is 7.90. The van der Waals surface area contributed by atoms with Gasteiger partial charge in [-0.1, -0.05) is 18.2 Å². The summed E-state index contributed by atoms with van der Waals surface area (Å²) < 4.78 is 7.28. The summed E-state index contributed by atoms with van der Waals surface area (Å²) in [7, 11) is 0. The highest BCUT2D eigenvalue weighted by Gasteiger charge is 2.22. The summed E-state index contributed by atoms with van der Waals surface area (Å²) in [6.45, 7) is 1.72. The Bertz CT molecular complexity index is 504. The lowest BCUT2D eigenvalue weighted by Crippen LogP contribution is -2.09. The van der Waals surface area contributed by atoms with Gasteiger partial charge in [0.2, 0.25) is 0 Å². The highest BCUT2D eigenvalue weighted by Crippen LogP contribution is 2.24. The molecule has 3 rings (SSSR count). The highest BCUT2D eigenvalue weighted by atomic mass is 16.5. The molecule has 4 nitrogen and oxygen atoms in total. The smallest absolute Gasteiger partial charge is 0.0945 e. The van der Waals surface area contributed by atoms with Crippen LogP contribution in [0.1, 0.15) is 17.0 Å². The van der Waals surface area contributed by atoms with Crippen LogP contribution in [0.15, 0.2) is 30.3 Å². The molecule has 0 fully saturated rings. The fourth-order valence-corrected chi connectivity index (χ4v) is 2.06. The predicted octanol–water partition coefficient (Wildman–Crippen LogP) is 1.36. The summed E-state index contributed by atoms with van der Waals surface area (Å²) in [5.74, 6) is 0. The molecule has 0 aliphatic carbocycles. The lowest BCUT2D eigenvalue weighted by Gasteiger charge is -2.07. The third-order valence-electron chi connectivity index (χ3n) is 2.85. The van der Waals surface area contributed by atoms with Crippen molar-refractivity contribution in [3.63, 3.8) is 0 Å². The minimum Gasteiger partial charge on any atom is -0.370 e. The Kier molecular flexibility index (Phi) is 2.23. The third kappa shape index (κ3) is 1.35. The summed E-state index contributed by atoms with van der Waals surface area (Å²) >= 11 is 0. The molecule has 2 aromatic rings. The molecule has 0 saturated heterocycles. The van der Waals surface area contributed by atoms with Gasteiger partial charge in [-0.2, -0.15) is 5.10 Å². The van der Waals surface area contributed by atoms with Gasteiger partial charge in [0, 0.05) is 12.1 Å². The van der Waals surface area contributed by atoms with Crippen LogP contribution >= 0.6 is 0 Å². The van der Waals surface area contributed by atoms with E-state index in [1.54, 1.807) is 0 Å². The van der Waals surface area contributed by atoms with Crippen LogP contribution in [0.5, 0.6) is 0 Å². The van der Waals surface area contributed by atoms with Crippen LogP contribution in [0.4, 0.5) is 0 Å². The number of ether oxygens (including phenoxy) is 1. The topological polar surface area (TPSA) is 53.1 Å². The van der Waals surface area contributed by atoms with Crippen LogP contribution in [0.2, 0.25) is 0 Å². The second kappa shape index (κ2) is 3.73. The van der Waals surface area contributed by atoms with Gasteiger partial charge < -0.3 is 10.5 Å². The zero-order valence-corrected chi connectivity index (χ0v) is 8.89. The van der Waals surface area contributed by atoms with Crippen molar-refractivity contribution < 1.29 is 4.74 Å². The van der Waals surface area contributed by atoms with Gasteiger partial charge in [0.25, 0.3) is 0 Å². The molecule has 0 atom stereocenters. The highest BCUT2D eigenvalue weighted by molar-refractivity contribution is 5.38. The van der Waals surface area contributed by atoms with Crippen molar-refractivity contribution in [1.82, 2.24) is 9.78 Å². The number of para-hydroxylation sites is 1. The maximum Gasteiger partial charge on any atom is 0.0945 e. The quantitative estimate of drug-likeness (QED) is 0.823. The molecule has 2 N–H and O–H groups in total. The van der Waals surface area contributed by atoms with Crippen LogP contribution in [0.3, 0.4) is 0 Å². The zero-order chi connectivity index (χ0) is 11.0. The van der Waals surface area contributed by atoms with E-state index in [0.29, 0.717) is 19.8 Å². The van der Waals surface area contributed by atoms with Crippen LogP contribution in [-0.2, 0) is 24.5 Å². The molecular weight excluding hydrogens is 202 g/mol. The summed E-state index contributed by atoms with van der Waals surface area (Å²) in [6, 6.07) is 10.0. The summed E-state index contributed by atoms with van der Waals surface area (Å²) in [5.41, 5.74) is 10.1. The fourth-order valence-electron chi connectivity index (χ4n) is 2.06. The average Bonchev–Trinajstić information content (AvgIpc) is 2.89. The largest absolute Gasteiger partial charge is 0.370 e. The Morgan fingerprint density at radius 3 is 2.81 bits per heavy atom. The van der Waals surface area contributed by atoms with Gasteiger partial charge in [0.1, 0.15) is 0 Å². The van der Waals surface area contributed by atoms with Gasteiger partial charge >= 0.3 is 0 Å². The monoisotopic (exact) mass is 215 g/mol. The molecule has 0 radical (unpaired) electrons. The molecule has 0 unspecified atom stereocenters. The number of hydrogen-bond acceptors (Lipinski definition) is 3. The summed E-state index contributed by atoms with van der Waals surface area (Å²) in [5, 5.41) is 4.54. The molecule has 82 valence electrons. The van der Waals surface area contributed by atoms with Gasteiger partial charge in [-0.3, -0.25) is 0 Å². The number of nitrogens with two attached hydrogens (primary N) is 1. The molecule has 1 aliphatic rings. The van der Waals surface area contributed by atoms with E-state index in [2.05, 4.69) is 5.10 Å². The van der Waals surface area contributed by atoms with Crippen molar-refractivity contribution in [3.05, 3.63) is 47.3 Å². The Morgan fingerprint density at radius 1 is 1.25 bits per heavy atom. The van der Waals surface area contributed by atoms with Crippen LogP contribution in [-0.4, -0.2) is 9.78 Å². The Morgan fingerprint density at radius 2 is 2.06 bits per heavy atom. The Hall–Kier alpha value is -1.65. The lowest BCUT2D eigenvalue weighted by molar-refractivity contribution is 0.130. The van der Waals surface area contributed by atoms with Gasteiger partial charge in [0.15, 0.2) is 0 Å². The van der Waals surface area contributed by atoms with E-state index in [9.17, 15) is 0 Å². The zero-order valence-electron chi connectivity index (χ0n) is 8.89. The van der Waals surface area contributed by atoms with E-state index < -0.39 is 0 Å². The maximum atomic E-state index is 5.79. The molecule has 0 saturated carbocycles. The molecule has 16 heavy (non-hydrogen) atoms. The average molecular weight is 215 g/mol. The van der Waals surface area contributed by atoms with Crippen molar-refractivity contribution in [3.8, 4) is 5.69 Å². The Balaban J connectivity index is 2.15. The van der Waals surface area contributed by atoms with Crippen LogP contribution in [0, 0.1) is 0 Å². The van der Waals surface area contributed by atoms with E-state index in [1.807, 2.05) is 35.0 Å². The normalized spacial score (nSPS) is 14.1. The van der Waals surface area contributed by atoms with Crippen LogP contribution < -0.4 is 5.73 Å². The first-order valence-electron chi connectivity index (χ1n) is 5.33. The minimum absolute atomic E-state index is 0.487. The first kappa shape index (κ1) is 9.57. The number of aromatic nitrogens is 2. The van der Waals surface area contributed by atoms with Gasteiger partial charge in [-0.05, 0) is 12.1 Å². The van der Waals surface area contributed by atoms with Crippen molar-refractivity contribution in [2.75, 3.05) is 0 Å². The van der Waals surface area contributed by atoms with E-state index in [1.165, 1.54) is 0 Å². The number of fused-ring (bicyclic) bond motifs is 1. The fraction of sp³-hybridized carbons (Fsp3) is 0.250. The number of rotatable bonds is 2. The van der Waals surface area contributed by atoms with E-state index in [-0.39, 0.29) is 0 Å². The van der Waals surface area contributed by atoms with E-state index >= 15 is 0 Å². The lowest BCUT2D eigenvalue weighted by atomic mass is 10.2. The standard InChI is InChI=1S/C12H13N3O/c13-6-12-10-7-16-8-11(10)14-15(12)9-4-2-1-3-5-9/h1-5H,6-8,13H2. The van der Waals surface area contributed by atoms with Crippen molar-refractivity contribution in [2.45, 2.75) is 19.8 Å². The molecule has 1 aromatic heterocycles. The van der Waals surface area contributed by atoms with Gasteiger partial charge in [-0.25, -0.2) is 4.68 Å². The van der Waals surface area contributed by atoms with Gasteiger partial charge in [0.05, 0.1) is 30.3 Å². The second-order valence-corrected chi connectivity index (χ2v) is 3.82. The Labute approximate surface area is 93.6 Å². The van der Waals surface area contributed by atoms with Crippen molar-refractivity contribution in [1.29, 1.82) is 0 Å². The first-order valence-corrected chi connectivity index (χ1v) is 5.33. The predicted molar refractivity (Wildman–Crippen MR) is 59.9 cm³/mol. The van der Waals surface area contributed by atoms with Crippen molar-refractivity contribution >= 4 is 0 Å². The molecule has 1 aromatic carbocycles. The van der Waals surface area contributed by atoms with E-state index in [0.717, 1.165) is 22.6 Å². The van der Waals surface area contributed by atoms with Crippen molar-refractivity contribution in [2.24, 2.45) is 5.73 Å². The minimum atomic E-state index is 0.487. The second-order valence-electron chi connectivity index (χ2n) is 3.82. The number of hydrogen-bond donors (Lipinski definition) is 1. The molecule has 4 heteroatoms. The molecule has 0 bridgehead atoms. The summed E-state index contributed by atoms with van der Waals surface area (Å²) in [6.07, 6.45) is 0. The molecule has 0 amide bonds. The summed E-state index contributed by atoms with van der Waals surface area (Å²) in [4.78, 5) is 0. The van der Waals surface area contributed by atoms with E-state index in [4.69, 9.17) is 10.5 Å². The SMILES string of the molecule is NCc1c2c(nn1-c1ccccc1)COC2. The molecule has 2 heterocycles. The molecular formula is C12H13N3O. The maximum absolute atomic E-state index is 5.79. The number of benzene rings is 1. The van der Waals surface area contributed by atoms with Gasteiger partial charge in [-0.15, -0.1) is 0 Å².